The fraction of sp³-hybridized carbons (Fsp3) is 0.444. The third-order valence-electron chi connectivity index (χ3n) is 27.6. The molecule has 135 heavy (non-hydrogen) atoms. The molecule has 12 saturated carbocycles. The predicted molar refractivity (Wildman–Crippen MR) is 494 cm³/mol. The van der Waals surface area contributed by atoms with E-state index in [0.29, 0.717) is 56.8 Å². The SMILES string of the molecule is CC(F)(F)C(=O)OCC(=O)OC1(C)C2CC3CC(C2)CC1C3.CCC1(OC(=O)COC(=O)C(C)(F)F)C2CC3CC(C2)CC1C3.CCOC(=O)C(OCCC(F)(F)C(C)(F)F)(OC(=O)C12CC3CC(CC(C3)C1)C2)C(F)(F)F.c1ccc([S+](c2ccccc2)c2ccccc2)cc1.c1ccc([S+](c2ccccc2)c2ccccc2)cc1.c1ccc([S+](c2ccccc2)c2ccccc2)cc1. The van der Waals surface area contributed by atoms with Crippen molar-refractivity contribution in [3.63, 3.8) is 0 Å². The highest BCUT2D eigenvalue weighted by atomic mass is 32.2. The lowest BCUT2D eigenvalue weighted by Gasteiger charge is -2.60. The molecule has 12 bridgehead atoms. The van der Waals surface area contributed by atoms with Crippen molar-refractivity contribution in [3.05, 3.63) is 273 Å². The van der Waals surface area contributed by atoms with Gasteiger partial charge in [0.25, 0.3) is 0 Å². The monoisotopic (exact) mass is 1930 g/mol. The highest BCUT2D eigenvalue weighted by Gasteiger charge is 2.70. The molecule has 0 heterocycles. The predicted octanol–water partition coefficient (Wildman–Crippen LogP) is 25.9. The number of hydrogen-bond donors (Lipinski definition) is 0. The quantitative estimate of drug-likeness (QED) is 0.0157. The van der Waals surface area contributed by atoms with Gasteiger partial charge in [-0.1, -0.05) is 171 Å². The number of alkyl halides is 11. The minimum Gasteiger partial charge on any atom is -0.461 e. The fourth-order valence-electron chi connectivity index (χ4n) is 22.1. The van der Waals surface area contributed by atoms with Crippen LogP contribution in [0.2, 0.25) is 0 Å². The van der Waals surface area contributed by atoms with Crippen molar-refractivity contribution < 1.29 is 110 Å². The molecule has 9 aromatic rings. The minimum absolute atomic E-state index is 0.0146. The van der Waals surface area contributed by atoms with E-state index in [1.54, 1.807) is 0 Å². The Labute approximate surface area is 791 Å². The summed E-state index contributed by atoms with van der Waals surface area (Å²) in [6.07, 6.45) is 7.89. The molecule has 12 aliphatic carbocycles. The van der Waals surface area contributed by atoms with Crippen LogP contribution in [0.25, 0.3) is 0 Å². The number of hydrogen-bond acceptors (Lipinski definition) is 13. The van der Waals surface area contributed by atoms with Crippen molar-refractivity contribution in [3.8, 4) is 0 Å². The van der Waals surface area contributed by atoms with E-state index in [-0.39, 0.29) is 57.4 Å². The maximum absolute atomic E-state index is 14.1. The topological polar surface area (TPSA) is 167 Å². The molecule has 0 aromatic heterocycles. The van der Waals surface area contributed by atoms with Gasteiger partial charge in [-0.05, 0) is 297 Å². The Morgan fingerprint density at radius 3 is 0.844 bits per heavy atom. The van der Waals surface area contributed by atoms with Gasteiger partial charge in [0, 0.05) is 27.2 Å². The van der Waals surface area contributed by atoms with Crippen LogP contribution < -0.4 is 0 Å². The first kappa shape index (κ1) is 102. The molecule has 12 aliphatic rings. The number of rotatable bonds is 27. The largest absolute Gasteiger partial charge is 0.468 e. The lowest BCUT2D eigenvalue weighted by atomic mass is 9.49. The molecule has 0 amide bonds. The summed E-state index contributed by atoms with van der Waals surface area (Å²) in [6.45, 7) is 2.28. The van der Waals surface area contributed by atoms with Crippen molar-refractivity contribution in [2.24, 2.45) is 70.5 Å². The van der Waals surface area contributed by atoms with Crippen LogP contribution in [0.3, 0.4) is 0 Å². The minimum atomic E-state index is -5.71. The second-order valence-electron chi connectivity index (χ2n) is 37.3. The van der Waals surface area contributed by atoms with Crippen LogP contribution in [0.5, 0.6) is 0 Å². The number of carbonyl (C=O) groups excluding carboxylic acids is 6. The van der Waals surface area contributed by atoms with Crippen molar-refractivity contribution in [1.82, 2.24) is 0 Å². The molecule has 0 aliphatic heterocycles. The zero-order chi connectivity index (χ0) is 96.6. The van der Waals surface area contributed by atoms with Gasteiger partial charge in [-0.15, -0.1) is 0 Å². The molecule has 13 nitrogen and oxygen atoms in total. The summed E-state index contributed by atoms with van der Waals surface area (Å²) in [5, 5.41) is 0. The molecule has 1 atom stereocenters. The maximum atomic E-state index is 14.1. The Kier molecular flexibility index (Phi) is 33.9. The van der Waals surface area contributed by atoms with E-state index in [0.717, 1.165) is 101 Å². The molecule has 21 rings (SSSR count). The van der Waals surface area contributed by atoms with Crippen LogP contribution in [0, 0.1) is 70.5 Å². The van der Waals surface area contributed by atoms with Gasteiger partial charge in [-0.25, -0.2) is 32.8 Å². The molecule has 9 aromatic carbocycles. The van der Waals surface area contributed by atoms with Crippen LogP contribution in [-0.2, 0) is 94.6 Å². The summed E-state index contributed by atoms with van der Waals surface area (Å²) >= 11 is 0. The Morgan fingerprint density at radius 1 is 0.341 bits per heavy atom. The van der Waals surface area contributed by atoms with E-state index >= 15 is 0 Å². The number of ether oxygens (including phenoxy) is 7. The first-order chi connectivity index (χ1) is 64.3. The van der Waals surface area contributed by atoms with E-state index in [1.165, 1.54) is 63.8 Å². The average Bonchev–Trinajstić information content (AvgIpc) is 0.734. The number of halogens is 11. The number of benzene rings is 9. The molecule has 0 saturated heterocycles. The molecule has 720 valence electrons. The zero-order valence-corrected chi connectivity index (χ0v) is 79.0. The lowest BCUT2D eigenvalue weighted by molar-refractivity contribution is -0.361. The van der Waals surface area contributed by atoms with Crippen molar-refractivity contribution >= 4 is 68.5 Å². The first-order valence-electron chi connectivity index (χ1n) is 46.4. The Bertz CT molecular complexity index is 4660. The van der Waals surface area contributed by atoms with Crippen molar-refractivity contribution in [2.75, 3.05) is 26.4 Å². The highest BCUT2D eigenvalue weighted by Crippen LogP contribution is 2.64. The summed E-state index contributed by atoms with van der Waals surface area (Å²) in [4.78, 5) is 83.8. The van der Waals surface area contributed by atoms with Gasteiger partial charge in [0.05, 0.1) is 51.3 Å². The van der Waals surface area contributed by atoms with E-state index < -0.39 is 121 Å². The Balaban J connectivity index is 0.000000139. The number of esters is 6. The molecular weight excluding hydrogens is 1810 g/mol. The summed E-state index contributed by atoms with van der Waals surface area (Å²) in [5.74, 6) is -24.2. The molecular formula is C108H118F11O13S3+3. The van der Waals surface area contributed by atoms with E-state index in [4.69, 9.17) is 14.2 Å². The van der Waals surface area contributed by atoms with Gasteiger partial charge < -0.3 is 33.2 Å². The van der Waals surface area contributed by atoms with Crippen LogP contribution in [0.1, 0.15) is 157 Å². The summed E-state index contributed by atoms with van der Waals surface area (Å²) in [5.41, 5.74) is -2.27. The lowest BCUT2D eigenvalue weighted by Crippen LogP contribution is -2.61. The smallest absolute Gasteiger partial charge is 0.461 e. The third-order valence-corrected chi connectivity index (χ3v) is 34.3. The molecule has 0 radical (unpaired) electrons. The van der Waals surface area contributed by atoms with Gasteiger partial charge in [-0.2, -0.15) is 39.5 Å². The average molecular weight is 1930 g/mol. The van der Waals surface area contributed by atoms with Crippen LogP contribution >= 0.6 is 0 Å². The standard InChI is InChI=1S/C21H27F7O5.3C18H15S.C17H24F2O4.C16H22F2O4/c1-3-31-16(30)20(21(26,27)28,32-5-4-19(24,25)17(2,22)23)33-15(29)18-9-12-6-13(10-18)8-14(7-12)11-18;3*1-4-10-16(11-5-1)19(17-12-6-2-7-13-17)18-14-8-3-9-15-18;1-3-17(23-14(20)9-22-15(21)16(2,18)19)12-5-10-4-11(7-12)8-13(17)6-10;1-15(22-13(19)8-21-14(20)16(2,17)18)11-4-9-3-10(6-11)7-12(15)5-9/h12-14H,3-11H2,1-2H3;3*1-15H;10-13H,3-9H2,1-2H3;9-12H,3-8H2,1-2H3/q;3*+1;;. The van der Waals surface area contributed by atoms with Gasteiger partial charge in [-0.3, -0.25) is 4.79 Å². The van der Waals surface area contributed by atoms with Crippen molar-refractivity contribution in [2.45, 2.75) is 248 Å². The second kappa shape index (κ2) is 44.7. The molecule has 27 heteroatoms. The second-order valence-corrected chi connectivity index (χ2v) is 43.4. The summed E-state index contributed by atoms with van der Waals surface area (Å²) in [7, 11) is -0.0439. The molecule has 12 fully saturated rings. The van der Waals surface area contributed by atoms with Crippen molar-refractivity contribution in [1.29, 1.82) is 0 Å². The van der Waals surface area contributed by atoms with Gasteiger partial charge in [0.15, 0.2) is 57.3 Å². The summed E-state index contributed by atoms with van der Waals surface area (Å²) in [6, 6.07) is 96.5. The molecule has 0 N–H and O–H groups in total. The molecule has 1 unspecified atom stereocenters. The van der Waals surface area contributed by atoms with E-state index in [9.17, 15) is 77.1 Å². The Morgan fingerprint density at radius 2 is 0.600 bits per heavy atom. The fourth-order valence-corrected chi connectivity index (χ4v) is 28.4. The van der Waals surface area contributed by atoms with Gasteiger partial charge in [0.2, 0.25) is 0 Å². The van der Waals surface area contributed by atoms with Gasteiger partial charge in [0.1, 0.15) is 11.2 Å². The summed E-state index contributed by atoms with van der Waals surface area (Å²) < 4.78 is 180. The normalized spacial score (nSPS) is 25.1. The third kappa shape index (κ3) is 25.3. The first-order valence-corrected chi connectivity index (χ1v) is 50.1. The zero-order valence-electron chi connectivity index (χ0n) is 76.6. The van der Waals surface area contributed by atoms with Crippen LogP contribution in [-0.4, -0.2) is 109 Å². The maximum Gasteiger partial charge on any atom is 0.468 e. The Hall–Kier alpha value is -9.96. The van der Waals surface area contributed by atoms with E-state index in [2.05, 4.69) is 292 Å². The van der Waals surface area contributed by atoms with E-state index in [1.807, 2.05) is 13.8 Å². The highest BCUT2D eigenvalue weighted by molar-refractivity contribution is 7.97. The van der Waals surface area contributed by atoms with Gasteiger partial charge >= 0.3 is 71.5 Å². The number of carbonyl (C=O) groups is 6. The molecule has 0 spiro atoms. The van der Waals surface area contributed by atoms with Crippen LogP contribution in [0.15, 0.2) is 317 Å². The van der Waals surface area contributed by atoms with Crippen LogP contribution in [0.4, 0.5) is 48.3 Å².